The van der Waals surface area contributed by atoms with E-state index in [1.54, 1.807) is 23.5 Å². The second-order valence-corrected chi connectivity index (χ2v) is 8.12. The van der Waals surface area contributed by atoms with E-state index >= 15 is 0 Å². The summed E-state index contributed by atoms with van der Waals surface area (Å²) in [7, 11) is 0. The molecule has 31 heavy (non-hydrogen) atoms. The molecule has 4 aromatic rings. The Labute approximate surface area is 184 Å². The number of aryl methyl sites for hydroxylation is 1. The van der Waals surface area contributed by atoms with Crippen LogP contribution in [0.5, 0.6) is 0 Å². The van der Waals surface area contributed by atoms with Gasteiger partial charge in [0, 0.05) is 23.1 Å². The molecule has 4 rings (SSSR count). The first-order valence-electron chi connectivity index (χ1n) is 9.84. The molecule has 0 unspecified atom stereocenters. The molecular formula is C24H22N3O3S+. The van der Waals surface area contributed by atoms with Crippen LogP contribution in [-0.4, -0.2) is 10.0 Å². The van der Waals surface area contributed by atoms with E-state index in [0.29, 0.717) is 12.1 Å². The van der Waals surface area contributed by atoms with Gasteiger partial charge in [-0.3, -0.25) is 10.1 Å². The second kappa shape index (κ2) is 9.07. The Bertz CT molecular complexity index is 1170. The lowest BCUT2D eigenvalue weighted by molar-refractivity contribution is -0.676. The molecule has 6 nitrogen and oxygen atoms in total. The Kier molecular flexibility index (Phi) is 6.06. The molecule has 1 heterocycles. The van der Waals surface area contributed by atoms with Crippen LogP contribution in [0.1, 0.15) is 17.2 Å². The van der Waals surface area contributed by atoms with Crippen molar-refractivity contribution in [2.75, 3.05) is 5.32 Å². The van der Waals surface area contributed by atoms with Gasteiger partial charge in [0.1, 0.15) is 24.0 Å². The van der Waals surface area contributed by atoms with Crippen LogP contribution in [0, 0.1) is 17.0 Å². The van der Waals surface area contributed by atoms with Crippen LogP contribution in [0.3, 0.4) is 0 Å². The lowest BCUT2D eigenvalue weighted by Crippen LogP contribution is -2.39. The molecule has 0 amide bonds. The summed E-state index contributed by atoms with van der Waals surface area (Å²) in [5.74, 6) is 0. The van der Waals surface area contributed by atoms with Gasteiger partial charge in [-0.2, -0.15) is 0 Å². The number of thiazole rings is 1. The van der Waals surface area contributed by atoms with E-state index in [-0.39, 0.29) is 5.69 Å². The molecule has 0 radical (unpaired) electrons. The van der Waals surface area contributed by atoms with Gasteiger partial charge in [-0.15, -0.1) is 0 Å². The standard InChI is InChI=1S/C24H21N3O3S/c1-17-7-9-18(10-8-17)22-16-31-24(25-20-5-3-2-4-6-20)26(22)15-23(28)19-11-13-21(14-12-19)27(29)30/h2-14,16,23,28H,15H2,1H3/p+1/t23-/m1/s1. The smallest absolute Gasteiger partial charge is 0.339 e. The molecule has 1 atom stereocenters. The highest BCUT2D eigenvalue weighted by molar-refractivity contribution is 7.13. The predicted molar refractivity (Wildman–Crippen MR) is 122 cm³/mol. The molecule has 2 N–H and O–H groups in total. The normalized spacial score (nSPS) is 11.8. The number of aliphatic hydroxyl groups is 1. The highest BCUT2D eigenvalue weighted by atomic mass is 32.1. The minimum absolute atomic E-state index is 0.00548. The summed E-state index contributed by atoms with van der Waals surface area (Å²) < 4.78 is 2.05. The van der Waals surface area contributed by atoms with Gasteiger partial charge in [0.25, 0.3) is 5.69 Å². The van der Waals surface area contributed by atoms with Crippen molar-refractivity contribution in [2.24, 2.45) is 0 Å². The fourth-order valence-corrected chi connectivity index (χ4v) is 4.28. The highest BCUT2D eigenvalue weighted by Crippen LogP contribution is 2.28. The zero-order valence-corrected chi connectivity index (χ0v) is 17.8. The molecule has 0 aliphatic heterocycles. The van der Waals surface area contributed by atoms with Gasteiger partial charge in [-0.1, -0.05) is 59.4 Å². The molecule has 0 saturated carbocycles. The third-order valence-electron chi connectivity index (χ3n) is 5.03. The third kappa shape index (κ3) is 4.79. The Hall–Kier alpha value is -3.55. The van der Waals surface area contributed by atoms with Gasteiger partial charge in [-0.25, -0.2) is 9.88 Å². The summed E-state index contributed by atoms with van der Waals surface area (Å²) in [6, 6.07) is 24.2. The van der Waals surface area contributed by atoms with Crippen LogP contribution in [0.25, 0.3) is 11.3 Å². The molecule has 7 heteroatoms. The highest BCUT2D eigenvalue weighted by Gasteiger charge is 2.23. The van der Waals surface area contributed by atoms with E-state index < -0.39 is 11.0 Å². The number of hydrogen-bond donors (Lipinski definition) is 2. The molecule has 156 valence electrons. The minimum atomic E-state index is -0.819. The molecule has 0 saturated heterocycles. The zero-order valence-electron chi connectivity index (χ0n) is 16.9. The lowest BCUT2D eigenvalue weighted by Gasteiger charge is -2.12. The largest absolute Gasteiger partial charge is 0.384 e. The summed E-state index contributed by atoms with van der Waals surface area (Å²) >= 11 is 1.57. The number of aliphatic hydroxyl groups excluding tert-OH is 1. The number of nitro benzene ring substituents is 1. The van der Waals surface area contributed by atoms with Gasteiger partial charge in [-0.05, 0) is 36.8 Å². The van der Waals surface area contributed by atoms with Gasteiger partial charge >= 0.3 is 5.13 Å². The summed E-state index contributed by atoms with van der Waals surface area (Å²) in [5, 5.41) is 28.2. The zero-order chi connectivity index (χ0) is 21.8. The van der Waals surface area contributed by atoms with E-state index in [0.717, 1.165) is 22.1 Å². The first-order valence-corrected chi connectivity index (χ1v) is 10.7. The number of non-ortho nitro benzene ring substituents is 1. The van der Waals surface area contributed by atoms with Crippen molar-refractivity contribution >= 4 is 27.8 Å². The van der Waals surface area contributed by atoms with E-state index in [1.807, 2.05) is 37.3 Å². The van der Waals surface area contributed by atoms with Crippen LogP contribution in [0.2, 0.25) is 0 Å². The SMILES string of the molecule is Cc1ccc(-c2csc(Nc3ccccc3)[n+]2C[C@@H](O)c2ccc([N+](=O)[O-])cc2)cc1. The maximum Gasteiger partial charge on any atom is 0.339 e. The summed E-state index contributed by atoms with van der Waals surface area (Å²) in [6.07, 6.45) is -0.819. The van der Waals surface area contributed by atoms with Crippen molar-refractivity contribution < 1.29 is 14.6 Å². The minimum Gasteiger partial charge on any atom is -0.384 e. The maximum absolute atomic E-state index is 10.9. The first kappa shape index (κ1) is 20.7. The number of aromatic nitrogens is 1. The average Bonchev–Trinajstić information content (AvgIpc) is 3.17. The van der Waals surface area contributed by atoms with Crippen LogP contribution in [0.4, 0.5) is 16.5 Å². The van der Waals surface area contributed by atoms with Gasteiger partial charge in [0.15, 0.2) is 0 Å². The van der Waals surface area contributed by atoms with Crippen molar-refractivity contribution in [3.8, 4) is 11.3 Å². The Morgan fingerprint density at radius 1 is 1.03 bits per heavy atom. The van der Waals surface area contributed by atoms with Crippen molar-refractivity contribution in [3.05, 3.63) is 105 Å². The maximum atomic E-state index is 10.9. The number of anilines is 2. The Balaban J connectivity index is 1.68. The Morgan fingerprint density at radius 2 is 1.71 bits per heavy atom. The van der Waals surface area contributed by atoms with Crippen molar-refractivity contribution in [1.82, 2.24) is 0 Å². The van der Waals surface area contributed by atoms with E-state index in [1.165, 1.54) is 17.7 Å². The first-order chi connectivity index (χ1) is 15.0. The molecule has 3 aromatic carbocycles. The molecule has 0 spiro atoms. The molecule has 0 bridgehead atoms. The van der Waals surface area contributed by atoms with E-state index in [9.17, 15) is 15.2 Å². The topological polar surface area (TPSA) is 79.3 Å². The lowest BCUT2D eigenvalue weighted by atomic mass is 10.1. The van der Waals surface area contributed by atoms with Crippen molar-refractivity contribution in [1.29, 1.82) is 0 Å². The van der Waals surface area contributed by atoms with E-state index in [2.05, 4.69) is 39.5 Å². The van der Waals surface area contributed by atoms with E-state index in [4.69, 9.17) is 0 Å². The van der Waals surface area contributed by atoms with Gasteiger partial charge in [0.05, 0.1) is 4.92 Å². The van der Waals surface area contributed by atoms with Crippen LogP contribution in [0.15, 0.2) is 84.2 Å². The second-order valence-electron chi connectivity index (χ2n) is 7.26. The van der Waals surface area contributed by atoms with Crippen molar-refractivity contribution in [3.63, 3.8) is 0 Å². The molecule has 0 aliphatic carbocycles. The quantitative estimate of drug-likeness (QED) is 0.233. The molecular weight excluding hydrogens is 410 g/mol. The monoisotopic (exact) mass is 432 g/mol. The number of nitrogens with one attached hydrogen (secondary N) is 1. The fraction of sp³-hybridized carbons (Fsp3) is 0.125. The number of para-hydroxylation sites is 1. The van der Waals surface area contributed by atoms with Crippen LogP contribution < -0.4 is 9.88 Å². The average molecular weight is 433 g/mol. The number of nitro groups is 1. The number of rotatable bonds is 7. The van der Waals surface area contributed by atoms with Crippen LogP contribution >= 0.6 is 11.3 Å². The third-order valence-corrected chi connectivity index (χ3v) is 5.92. The Morgan fingerprint density at radius 3 is 2.35 bits per heavy atom. The summed E-state index contributed by atoms with van der Waals surface area (Å²) in [4.78, 5) is 10.5. The molecule has 1 aromatic heterocycles. The van der Waals surface area contributed by atoms with Gasteiger partial charge < -0.3 is 5.11 Å². The predicted octanol–water partition coefficient (Wildman–Crippen LogP) is 5.40. The summed E-state index contributed by atoms with van der Waals surface area (Å²) in [5.41, 5.74) is 4.82. The number of nitrogens with zero attached hydrogens (tertiary/aromatic N) is 2. The fourth-order valence-electron chi connectivity index (χ4n) is 3.32. The summed E-state index contributed by atoms with van der Waals surface area (Å²) in [6.45, 7) is 2.35. The van der Waals surface area contributed by atoms with Crippen molar-refractivity contribution in [2.45, 2.75) is 19.6 Å². The number of hydrogen-bond acceptors (Lipinski definition) is 5. The van der Waals surface area contributed by atoms with Gasteiger partial charge in [0.2, 0.25) is 0 Å². The molecule has 0 fully saturated rings. The molecule has 0 aliphatic rings. The van der Waals surface area contributed by atoms with Crippen LogP contribution in [-0.2, 0) is 6.54 Å². The number of benzene rings is 3.